The van der Waals surface area contributed by atoms with E-state index >= 15 is 0 Å². The first kappa shape index (κ1) is 21.3. The van der Waals surface area contributed by atoms with Gasteiger partial charge in [0.15, 0.2) is 0 Å². The van der Waals surface area contributed by atoms with Crippen LogP contribution >= 0.6 is 0 Å². The summed E-state index contributed by atoms with van der Waals surface area (Å²) in [5.74, 6) is -1.38. The van der Waals surface area contributed by atoms with Crippen LogP contribution in [0.2, 0.25) is 0 Å². The van der Waals surface area contributed by atoms with Crippen molar-refractivity contribution in [2.75, 3.05) is 6.54 Å². The van der Waals surface area contributed by atoms with Crippen molar-refractivity contribution < 1.29 is 24.2 Å². The highest BCUT2D eigenvalue weighted by Gasteiger charge is 2.37. The van der Waals surface area contributed by atoms with Crippen LogP contribution in [0.15, 0.2) is 0 Å². The Morgan fingerprint density at radius 3 is 2.08 bits per heavy atom. The molecule has 1 rings (SSSR count). The lowest BCUT2D eigenvalue weighted by molar-refractivity contribution is -0.146. The molecule has 0 bridgehead atoms. The molecule has 0 spiro atoms. The highest BCUT2D eigenvalue weighted by atomic mass is 16.6. The average molecular weight is 356 g/mol. The Morgan fingerprint density at radius 1 is 1.04 bits per heavy atom. The molecular weight excluding hydrogens is 324 g/mol. The van der Waals surface area contributed by atoms with Gasteiger partial charge in [-0.25, -0.2) is 9.59 Å². The number of ether oxygens (including phenoxy) is 1. The van der Waals surface area contributed by atoms with Crippen molar-refractivity contribution in [1.29, 1.82) is 0 Å². The Morgan fingerprint density at radius 2 is 1.60 bits per heavy atom. The largest absolute Gasteiger partial charge is 0.480 e. The molecule has 0 heterocycles. The van der Waals surface area contributed by atoms with Gasteiger partial charge >= 0.3 is 12.1 Å². The first-order valence-electron chi connectivity index (χ1n) is 8.87. The Bertz CT molecular complexity index is 502. The summed E-state index contributed by atoms with van der Waals surface area (Å²) in [7, 11) is 0. The van der Waals surface area contributed by atoms with Crippen LogP contribution in [0.4, 0.5) is 4.79 Å². The smallest absolute Gasteiger partial charge is 0.407 e. The van der Waals surface area contributed by atoms with Gasteiger partial charge < -0.3 is 20.5 Å². The minimum absolute atomic E-state index is 0.194. The Labute approximate surface area is 149 Å². The van der Waals surface area contributed by atoms with E-state index in [1.807, 2.05) is 0 Å². The van der Waals surface area contributed by atoms with E-state index in [0.29, 0.717) is 6.54 Å². The van der Waals surface area contributed by atoms with Crippen LogP contribution in [0, 0.1) is 5.41 Å². The molecule has 1 fully saturated rings. The molecule has 0 aliphatic heterocycles. The van der Waals surface area contributed by atoms with E-state index in [-0.39, 0.29) is 17.7 Å². The maximum Gasteiger partial charge on any atom is 0.407 e. The van der Waals surface area contributed by atoms with Crippen molar-refractivity contribution in [1.82, 2.24) is 10.6 Å². The summed E-state index contributed by atoms with van der Waals surface area (Å²) in [6, 6.07) is 0. The van der Waals surface area contributed by atoms with Crippen LogP contribution in [0.25, 0.3) is 0 Å². The summed E-state index contributed by atoms with van der Waals surface area (Å²) in [4.78, 5) is 35.5. The lowest BCUT2D eigenvalue weighted by Crippen LogP contribution is -2.52. The van der Waals surface area contributed by atoms with Gasteiger partial charge in [0, 0.05) is 13.0 Å². The number of carboxylic acids is 1. The molecular formula is C18H32N2O5. The zero-order valence-corrected chi connectivity index (χ0v) is 16.0. The van der Waals surface area contributed by atoms with Crippen LogP contribution in [0.1, 0.15) is 73.1 Å². The summed E-state index contributed by atoms with van der Waals surface area (Å²) in [6.45, 7) is 8.65. The van der Waals surface area contributed by atoms with Crippen LogP contribution in [0.5, 0.6) is 0 Å². The van der Waals surface area contributed by atoms with Gasteiger partial charge in [0.2, 0.25) is 5.91 Å². The number of carbonyl (C=O) groups is 3. The average Bonchev–Trinajstić information content (AvgIpc) is 2.43. The zero-order valence-electron chi connectivity index (χ0n) is 16.0. The number of carboxylic acid groups (broad SMARTS) is 1. The van der Waals surface area contributed by atoms with Crippen LogP contribution in [-0.4, -0.2) is 40.8 Å². The van der Waals surface area contributed by atoms with E-state index < -0.39 is 23.2 Å². The number of nitrogens with one attached hydrogen (secondary N) is 2. The molecule has 2 amide bonds. The molecule has 0 aromatic heterocycles. The minimum atomic E-state index is -1.31. The minimum Gasteiger partial charge on any atom is -0.480 e. The van der Waals surface area contributed by atoms with Gasteiger partial charge in [-0.15, -0.1) is 0 Å². The Kier molecular flexibility index (Phi) is 6.85. The Hall–Kier alpha value is -1.79. The first-order valence-corrected chi connectivity index (χ1v) is 8.87. The summed E-state index contributed by atoms with van der Waals surface area (Å²) in [6.07, 6.45) is 4.43. The van der Waals surface area contributed by atoms with E-state index in [0.717, 1.165) is 32.1 Å². The fourth-order valence-electron chi connectivity index (χ4n) is 3.08. The molecule has 7 nitrogen and oxygen atoms in total. The van der Waals surface area contributed by atoms with Crippen molar-refractivity contribution >= 4 is 18.0 Å². The molecule has 0 saturated heterocycles. The van der Waals surface area contributed by atoms with Gasteiger partial charge in [-0.05, 0) is 52.9 Å². The van der Waals surface area contributed by atoms with E-state index in [1.54, 1.807) is 20.8 Å². The van der Waals surface area contributed by atoms with Gasteiger partial charge in [-0.1, -0.05) is 19.3 Å². The van der Waals surface area contributed by atoms with Gasteiger partial charge in [-0.3, -0.25) is 4.79 Å². The highest BCUT2D eigenvalue weighted by molar-refractivity contribution is 5.86. The second-order valence-corrected chi connectivity index (χ2v) is 8.57. The summed E-state index contributed by atoms with van der Waals surface area (Å²) in [5, 5.41) is 14.5. The van der Waals surface area contributed by atoms with Crippen molar-refractivity contribution in [3.63, 3.8) is 0 Å². The third-order valence-corrected chi connectivity index (χ3v) is 4.44. The van der Waals surface area contributed by atoms with Crippen LogP contribution in [-0.2, 0) is 14.3 Å². The summed E-state index contributed by atoms with van der Waals surface area (Å²) < 4.78 is 5.26. The first-order chi connectivity index (χ1) is 11.4. The monoisotopic (exact) mass is 356 g/mol. The molecule has 3 N–H and O–H groups in total. The number of rotatable bonds is 6. The maximum absolute atomic E-state index is 12.4. The van der Waals surface area contributed by atoms with Crippen LogP contribution in [0.3, 0.4) is 0 Å². The lowest BCUT2D eigenvalue weighted by Gasteiger charge is -2.37. The van der Waals surface area contributed by atoms with E-state index in [2.05, 4.69) is 10.6 Å². The number of amides is 2. The van der Waals surface area contributed by atoms with Crippen molar-refractivity contribution in [3.8, 4) is 0 Å². The zero-order chi connectivity index (χ0) is 19.3. The van der Waals surface area contributed by atoms with Crippen molar-refractivity contribution in [2.24, 2.45) is 5.41 Å². The van der Waals surface area contributed by atoms with Crippen LogP contribution < -0.4 is 10.6 Å². The molecule has 7 heteroatoms. The highest BCUT2D eigenvalue weighted by Crippen LogP contribution is 2.39. The molecule has 0 aromatic carbocycles. The number of aliphatic carboxylic acids is 1. The van der Waals surface area contributed by atoms with Gasteiger partial charge in [0.25, 0.3) is 0 Å². The SMILES string of the molecule is CC(C)(C)OC(=O)NCC1(CC(=O)NC(C)(C)C(=O)O)CCCCC1. The van der Waals surface area contributed by atoms with Gasteiger partial charge in [0.1, 0.15) is 11.1 Å². The lowest BCUT2D eigenvalue weighted by atomic mass is 9.71. The number of carbonyl (C=O) groups excluding carboxylic acids is 2. The summed E-state index contributed by atoms with van der Waals surface area (Å²) >= 11 is 0. The second kappa shape index (κ2) is 8.06. The molecule has 25 heavy (non-hydrogen) atoms. The standard InChI is InChI=1S/C18H32N2O5/c1-16(2,3)25-15(24)19-12-18(9-7-6-8-10-18)11-13(21)20-17(4,5)14(22)23/h6-12H2,1-5H3,(H,19,24)(H,20,21)(H,22,23). The molecule has 1 aliphatic rings. The normalized spacial score (nSPS) is 17.5. The topological polar surface area (TPSA) is 105 Å². The fraction of sp³-hybridized carbons (Fsp3) is 0.833. The molecule has 1 saturated carbocycles. The molecule has 0 unspecified atom stereocenters. The predicted molar refractivity (Wildman–Crippen MR) is 94.2 cm³/mol. The molecule has 0 aromatic rings. The fourth-order valence-corrected chi connectivity index (χ4v) is 3.08. The quantitative estimate of drug-likeness (QED) is 0.679. The number of hydrogen-bond donors (Lipinski definition) is 3. The third kappa shape index (κ3) is 7.32. The van der Waals surface area contributed by atoms with Crippen molar-refractivity contribution in [3.05, 3.63) is 0 Å². The third-order valence-electron chi connectivity index (χ3n) is 4.44. The van der Waals surface area contributed by atoms with E-state index in [1.165, 1.54) is 13.8 Å². The molecule has 1 aliphatic carbocycles. The maximum atomic E-state index is 12.4. The molecule has 0 radical (unpaired) electrons. The van der Waals surface area contributed by atoms with Gasteiger partial charge in [0.05, 0.1) is 0 Å². The second-order valence-electron chi connectivity index (χ2n) is 8.57. The van der Waals surface area contributed by atoms with E-state index in [4.69, 9.17) is 9.84 Å². The van der Waals surface area contributed by atoms with Gasteiger partial charge in [-0.2, -0.15) is 0 Å². The van der Waals surface area contributed by atoms with Crippen molar-refractivity contribution in [2.45, 2.75) is 84.3 Å². The summed E-state index contributed by atoms with van der Waals surface area (Å²) in [5.41, 5.74) is -2.24. The Balaban J connectivity index is 2.71. The molecule has 144 valence electrons. The number of hydrogen-bond acceptors (Lipinski definition) is 4. The van der Waals surface area contributed by atoms with E-state index in [9.17, 15) is 14.4 Å². The predicted octanol–water partition coefficient (Wildman–Crippen LogP) is 2.83. The molecule has 0 atom stereocenters. The number of alkyl carbamates (subject to hydrolysis) is 1.